The molecule has 0 saturated heterocycles. The molecule has 0 bridgehead atoms. The van der Waals surface area contributed by atoms with Gasteiger partial charge in [-0.05, 0) is 62.5 Å². The Kier molecular flexibility index (Phi) is 4.96. The minimum Gasteiger partial charge on any atom is -0.379 e. The van der Waals surface area contributed by atoms with Crippen LogP contribution in [0.4, 0.5) is 0 Å². The summed E-state index contributed by atoms with van der Waals surface area (Å²) >= 11 is 1.78. The summed E-state index contributed by atoms with van der Waals surface area (Å²) in [6, 6.07) is 0.445. The molecule has 1 heterocycles. The molecule has 1 aromatic rings. The highest BCUT2D eigenvalue weighted by Gasteiger charge is 2.20. The molecule has 92 valence electrons. The van der Waals surface area contributed by atoms with E-state index in [1.165, 1.54) is 11.1 Å². The van der Waals surface area contributed by atoms with Gasteiger partial charge in [-0.1, -0.05) is 0 Å². The van der Waals surface area contributed by atoms with Crippen LogP contribution in [0.15, 0.2) is 10.8 Å². The molecule has 1 rings (SSSR count). The van der Waals surface area contributed by atoms with Crippen molar-refractivity contribution in [1.29, 1.82) is 0 Å². The van der Waals surface area contributed by atoms with Crippen LogP contribution >= 0.6 is 11.3 Å². The number of hydrogen-bond donors (Lipinski definition) is 1. The predicted molar refractivity (Wildman–Crippen MR) is 71.2 cm³/mol. The second kappa shape index (κ2) is 5.80. The zero-order chi connectivity index (χ0) is 12.2. The fourth-order valence-corrected chi connectivity index (χ4v) is 2.68. The first-order chi connectivity index (χ1) is 7.50. The van der Waals surface area contributed by atoms with Crippen LogP contribution in [0.1, 0.15) is 43.9 Å². The Labute approximate surface area is 103 Å². The Balaban J connectivity index is 2.60. The number of ether oxygens (including phenoxy) is 1. The monoisotopic (exact) mass is 241 g/mol. The van der Waals surface area contributed by atoms with Crippen LogP contribution in [-0.4, -0.2) is 19.8 Å². The smallest absolute Gasteiger partial charge is 0.0623 e. The number of aryl methyl sites for hydroxylation is 1. The van der Waals surface area contributed by atoms with Crippen molar-refractivity contribution in [2.45, 2.75) is 45.3 Å². The molecule has 0 radical (unpaired) electrons. The molecule has 3 heteroatoms. The molecule has 1 N–H and O–H groups in total. The number of hydrogen-bond acceptors (Lipinski definition) is 3. The van der Waals surface area contributed by atoms with E-state index in [1.807, 2.05) is 7.05 Å². The summed E-state index contributed by atoms with van der Waals surface area (Å²) < 4.78 is 5.45. The van der Waals surface area contributed by atoms with Gasteiger partial charge in [-0.2, -0.15) is 11.3 Å². The molecule has 1 unspecified atom stereocenters. The van der Waals surface area contributed by atoms with Gasteiger partial charge in [0, 0.05) is 13.2 Å². The number of rotatable bonds is 6. The van der Waals surface area contributed by atoms with Crippen molar-refractivity contribution in [3.8, 4) is 0 Å². The van der Waals surface area contributed by atoms with Crippen molar-refractivity contribution in [3.05, 3.63) is 21.9 Å². The van der Waals surface area contributed by atoms with E-state index in [0.717, 1.165) is 12.8 Å². The maximum atomic E-state index is 5.45. The van der Waals surface area contributed by atoms with E-state index in [1.54, 1.807) is 18.4 Å². The lowest BCUT2D eigenvalue weighted by Crippen LogP contribution is -2.26. The highest BCUT2D eigenvalue weighted by molar-refractivity contribution is 7.08. The standard InChI is InChI=1S/C13H23NOS/c1-10-8-16-9-11(10)12(14-4)6-7-13(2,3)15-5/h8-9,12,14H,6-7H2,1-5H3. The van der Waals surface area contributed by atoms with Crippen LogP contribution in [0.2, 0.25) is 0 Å². The van der Waals surface area contributed by atoms with Crippen molar-refractivity contribution in [1.82, 2.24) is 5.32 Å². The van der Waals surface area contributed by atoms with Gasteiger partial charge < -0.3 is 10.1 Å². The maximum Gasteiger partial charge on any atom is 0.0623 e. The van der Waals surface area contributed by atoms with E-state index in [4.69, 9.17) is 4.74 Å². The van der Waals surface area contributed by atoms with Gasteiger partial charge >= 0.3 is 0 Å². The zero-order valence-electron chi connectivity index (χ0n) is 11.0. The average Bonchev–Trinajstić information content (AvgIpc) is 2.66. The normalized spacial score (nSPS) is 14.1. The summed E-state index contributed by atoms with van der Waals surface area (Å²) in [6.07, 6.45) is 2.17. The second-order valence-electron chi connectivity index (χ2n) is 4.85. The highest BCUT2D eigenvalue weighted by atomic mass is 32.1. The van der Waals surface area contributed by atoms with Crippen molar-refractivity contribution >= 4 is 11.3 Å². The Hall–Kier alpha value is -0.380. The minimum atomic E-state index is -0.0287. The van der Waals surface area contributed by atoms with Crippen LogP contribution in [0.3, 0.4) is 0 Å². The van der Waals surface area contributed by atoms with Gasteiger partial charge in [0.1, 0.15) is 0 Å². The van der Waals surface area contributed by atoms with Gasteiger partial charge in [0.05, 0.1) is 5.60 Å². The van der Waals surface area contributed by atoms with Crippen molar-refractivity contribution in [3.63, 3.8) is 0 Å². The Morgan fingerprint density at radius 3 is 2.56 bits per heavy atom. The third-order valence-corrected chi connectivity index (χ3v) is 4.09. The summed E-state index contributed by atoms with van der Waals surface area (Å²) in [5.74, 6) is 0. The molecular weight excluding hydrogens is 218 g/mol. The first kappa shape index (κ1) is 13.7. The van der Waals surface area contributed by atoms with Crippen LogP contribution in [0.25, 0.3) is 0 Å². The van der Waals surface area contributed by atoms with Crippen molar-refractivity contribution in [2.24, 2.45) is 0 Å². The van der Waals surface area contributed by atoms with E-state index in [2.05, 4.69) is 36.8 Å². The predicted octanol–water partition coefficient (Wildman–Crippen LogP) is 3.52. The van der Waals surface area contributed by atoms with E-state index < -0.39 is 0 Å². The van der Waals surface area contributed by atoms with Crippen LogP contribution in [-0.2, 0) is 4.74 Å². The maximum absolute atomic E-state index is 5.45. The average molecular weight is 241 g/mol. The molecule has 1 aromatic heterocycles. The fourth-order valence-electron chi connectivity index (χ4n) is 1.78. The third-order valence-electron chi connectivity index (χ3n) is 3.21. The molecule has 0 saturated carbocycles. The minimum absolute atomic E-state index is 0.0287. The molecule has 0 fully saturated rings. The molecular formula is C13H23NOS. The summed E-state index contributed by atoms with van der Waals surface area (Å²) in [5, 5.41) is 7.85. The van der Waals surface area contributed by atoms with Crippen molar-refractivity contribution < 1.29 is 4.74 Å². The van der Waals surface area contributed by atoms with Gasteiger partial charge in [0.25, 0.3) is 0 Å². The molecule has 0 aliphatic carbocycles. The van der Waals surface area contributed by atoms with Crippen molar-refractivity contribution in [2.75, 3.05) is 14.2 Å². The van der Waals surface area contributed by atoms with Crippen LogP contribution in [0.5, 0.6) is 0 Å². The summed E-state index contributed by atoms with van der Waals surface area (Å²) in [6.45, 7) is 6.46. The number of nitrogens with one attached hydrogen (secondary N) is 1. The Morgan fingerprint density at radius 1 is 1.44 bits per heavy atom. The summed E-state index contributed by atoms with van der Waals surface area (Å²) in [4.78, 5) is 0. The summed E-state index contributed by atoms with van der Waals surface area (Å²) in [7, 11) is 3.81. The largest absolute Gasteiger partial charge is 0.379 e. The Bertz CT molecular complexity index is 319. The van der Waals surface area contributed by atoms with E-state index in [9.17, 15) is 0 Å². The van der Waals surface area contributed by atoms with Gasteiger partial charge in [-0.25, -0.2) is 0 Å². The van der Waals surface area contributed by atoms with E-state index in [0.29, 0.717) is 6.04 Å². The van der Waals surface area contributed by atoms with E-state index >= 15 is 0 Å². The molecule has 0 spiro atoms. The zero-order valence-corrected chi connectivity index (χ0v) is 11.8. The first-order valence-electron chi connectivity index (χ1n) is 5.75. The van der Waals surface area contributed by atoms with E-state index in [-0.39, 0.29) is 5.60 Å². The third kappa shape index (κ3) is 3.58. The van der Waals surface area contributed by atoms with Gasteiger partial charge in [0.2, 0.25) is 0 Å². The second-order valence-corrected chi connectivity index (χ2v) is 5.60. The van der Waals surface area contributed by atoms with Gasteiger partial charge in [-0.3, -0.25) is 0 Å². The molecule has 0 aliphatic heterocycles. The van der Waals surface area contributed by atoms with Gasteiger partial charge in [0.15, 0.2) is 0 Å². The lowest BCUT2D eigenvalue weighted by Gasteiger charge is -2.26. The molecule has 0 aliphatic rings. The Morgan fingerprint density at radius 2 is 2.12 bits per heavy atom. The lowest BCUT2D eigenvalue weighted by atomic mass is 9.95. The quantitative estimate of drug-likeness (QED) is 0.822. The topological polar surface area (TPSA) is 21.3 Å². The molecule has 16 heavy (non-hydrogen) atoms. The molecule has 0 aromatic carbocycles. The van der Waals surface area contributed by atoms with Gasteiger partial charge in [-0.15, -0.1) is 0 Å². The lowest BCUT2D eigenvalue weighted by molar-refractivity contribution is 0.0118. The van der Waals surface area contributed by atoms with Crippen LogP contribution in [0, 0.1) is 6.92 Å². The first-order valence-corrected chi connectivity index (χ1v) is 6.69. The highest BCUT2D eigenvalue weighted by Crippen LogP contribution is 2.28. The fraction of sp³-hybridized carbons (Fsp3) is 0.692. The molecule has 1 atom stereocenters. The molecule has 2 nitrogen and oxygen atoms in total. The number of thiophene rings is 1. The van der Waals surface area contributed by atoms with Crippen LogP contribution < -0.4 is 5.32 Å². The number of methoxy groups -OCH3 is 1. The summed E-state index contributed by atoms with van der Waals surface area (Å²) in [5.41, 5.74) is 2.79. The molecule has 0 amide bonds. The SMILES string of the molecule is CNC(CCC(C)(C)OC)c1cscc1C.